The lowest BCUT2D eigenvalue weighted by atomic mass is 9.86. The Kier molecular flexibility index (Phi) is 3.52. The first kappa shape index (κ1) is 16.8. The van der Waals surface area contributed by atoms with Gasteiger partial charge in [0, 0.05) is 11.0 Å². The lowest BCUT2D eigenvalue weighted by molar-refractivity contribution is 0.554. The molecule has 26 heavy (non-hydrogen) atoms. The molecule has 134 valence electrons. The van der Waals surface area contributed by atoms with Gasteiger partial charge in [0.05, 0.1) is 22.1 Å². The van der Waals surface area contributed by atoms with E-state index in [1.165, 1.54) is 5.56 Å². The molecule has 0 radical (unpaired) electrons. The van der Waals surface area contributed by atoms with Crippen LogP contribution >= 0.6 is 0 Å². The molecule has 0 aliphatic heterocycles. The molecule has 0 saturated heterocycles. The van der Waals surface area contributed by atoms with E-state index in [1.54, 1.807) is 0 Å². The first-order valence-corrected chi connectivity index (χ1v) is 9.12. The van der Waals surface area contributed by atoms with Crippen LogP contribution in [0.4, 0.5) is 0 Å². The minimum Gasteiger partial charge on any atom is -0.341 e. The summed E-state index contributed by atoms with van der Waals surface area (Å²) in [5.74, 6) is 1.90. The predicted octanol–water partition coefficient (Wildman–Crippen LogP) is 5.70. The summed E-state index contributed by atoms with van der Waals surface area (Å²) < 4.78 is 0. The number of H-pyrrole nitrogens is 2. The fourth-order valence-electron chi connectivity index (χ4n) is 3.14. The second kappa shape index (κ2) is 5.44. The van der Waals surface area contributed by atoms with Crippen molar-refractivity contribution >= 4 is 22.1 Å². The molecule has 2 heterocycles. The number of aromatic amines is 2. The third-order valence-electron chi connectivity index (χ3n) is 4.80. The van der Waals surface area contributed by atoms with E-state index in [-0.39, 0.29) is 10.8 Å². The quantitative estimate of drug-likeness (QED) is 0.464. The molecule has 2 aromatic carbocycles. The zero-order chi connectivity index (χ0) is 18.7. The molecule has 0 fully saturated rings. The average Bonchev–Trinajstić information content (AvgIpc) is 3.14. The molecule has 0 unspecified atom stereocenters. The Hall–Kier alpha value is -2.62. The van der Waals surface area contributed by atoms with E-state index >= 15 is 0 Å². The van der Waals surface area contributed by atoms with E-state index in [0.717, 1.165) is 39.3 Å². The molecule has 2 N–H and O–H groups in total. The highest BCUT2D eigenvalue weighted by molar-refractivity contribution is 5.92. The minimum absolute atomic E-state index is 0.00127. The van der Waals surface area contributed by atoms with E-state index in [0.29, 0.717) is 0 Å². The van der Waals surface area contributed by atoms with Gasteiger partial charge in [0.15, 0.2) is 0 Å². The Balaban J connectivity index is 1.81. The molecule has 4 rings (SSSR count). The number of rotatable bonds is 1. The standard InChI is InChI=1S/C22H26N4/c1-21(2,3)14-9-7-8-13(10-14)19-23-15-11-17-18(12-16(15)24-19)26-20(25-17)22(4,5)6/h7-12H,1-6H3,(H,23,24)(H,25,26). The Bertz CT molecular complexity index is 1050. The van der Waals surface area contributed by atoms with Crippen molar-refractivity contribution in [1.82, 2.24) is 19.9 Å². The van der Waals surface area contributed by atoms with Gasteiger partial charge in [-0.15, -0.1) is 0 Å². The van der Waals surface area contributed by atoms with Gasteiger partial charge in [-0.3, -0.25) is 0 Å². The molecule has 0 bridgehead atoms. The van der Waals surface area contributed by atoms with E-state index in [9.17, 15) is 0 Å². The summed E-state index contributed by atoms with van der Waals surface area (Å²) in [7, 11) is 0. The van der Waals surface area contributed by atoms with Crippen LogP contribution in [0.3, 0.4) is 0 Å². The summed E-state index contributed by atoms with van der Waals surface area (Å²) in [4.78, 5) is 16.5. The molecule has 0 atom stereocenters. The van der Waals surface area contributed by atoms with Crippen molar-refractivity contribution in [3.05, 3.63) is 47.8 Å². The zero-order valence-electron chi connectivity index (χ0n) is 16.4. The van der Waals surface area contributed by atoms with Crippen molar-refractivity contribution in [2.24, 2.45) is 0 Å². The second-order valence-corrected chi connectivity index (χ2v) is 9.14. The van der Waals surface area contributed by atoms with Crippen LogP contribution in [0.1, 0.15) is 52.9 Å². The number of hydrogen-bond donors (Lipinski definition) is 2. The van der Waals surface area contributed by atoms with Crippen molar-refractivity contribution in [2.75, 3.05) is 0 Å². The fourth-order valence-corrected chi connectivity index (χ4v) is 3.14. The lowest BCUT2D eigenvalue weighted by Gasteiger charge is -2.19. The van der Waals surface area contributed by atoms with E-state index in [4.69, 9.17) is 9.97 Å². The van der Waals surface area contributed by atoms with Crippen molar-refractivity contribution in [1.29, 1.82) is 0 Å². The molecule has 2 aromatic heterocycles. The molecule has 0 spiro atoms. The van der Waals surface area contributed by atoms with Gasteiger partial charge in [-0.25, -0.2) is 9.97 Å². The minimum atomic E-state index is -0.00127. The Morgan fingerprint density at radius 2 is 1.38 bits per heavy atom. The molecular weight excluding hydrogens is 320 g/mol. The third-order valence-corrected chi connectivity index (χ3v) is 4.80. The first-order chi connectivity index (χ1) is 12.1. The number of fused-ring (bicyclic) bond motifs is 2. The topological polar surface area (TPSA) is 57.4 Å². The van der Waals surface area contributed by atoms with Crippen LogP contribution in [0.15, 0.2) is 36.4 Å². The number of benzene rings is 2. The fraction of sp³-hybridized carbons (Fsp3) is 0.364. The Labute approximate surface area is 154 Å². The predicted molar refractivity (Wildman–Crippen MR) is 109 cm³/mol. The van der Waals surface area contributed by atoms with Crippen molar-refractivity contribution in [2.45, 2.75) is 52.4 Å². The summed E-state index contributed by atoms with van der Waals surface area (Å²) in [5.41, 5.74) is 6.51. The number of hydrogen-bond acceptors (Lipinski definition) is 2. The van der Waals surface area contributed by atoms with Crippen LogP contribution in [-0.2, 0) is 10.8 Å². The molecule has 4 nitrogen and oxygen atoms in total. The van der Waals surface area contributed by atoms with Gasteiger partial charge in [-0.05, 0) is 29.2 Å². The SMILES string of the molecule is CC(C)(C)c1cccc(-c2nc3cc4[nH]c(C(C)(C)C)nc4cc3[nH]2)c1. The van der Waals surface area contributed by atoms with Crippen LogP contribution in [0.2, 0.25) is 0 Å². The maximum Gasteiger partial charge on any atom is 0.138 e. The van der Waals surface area contributed by atoms with Gasteiger partial charge in [0.25, 0.3) is 0 Å². The normalized spacial score (nSPS) is 13.0. The van der Waals surface area contributed by atoms with Gasteiger partial charge in [-0.1, -0.05) is 59.7 Å². The van der Waals surface area contributed by atoms with Gasteiger partial charge < -0.3 is 9.97 Å². The summed E-state index contributed by atoms with van der Waals surface area (Å²) in [6, 6.07) is 12.8. The molecule has 0 aliphatic carbocycles. The highest BCUT2D eigenvalue weighted by Gasteiger charge is 2.19. The molecular formula is C22H26N4. The second-order valence-electron chi connectivity index (χ2n) is 9.14. The monoisotopic (exact) mass is 346 g/mol. The van der Waals surface area contributed by atoms with E-state index < -0.39 is 0 Å². The highest BCUT2D eigenvalue weighted by atomic mass is 15.0. The number of nitrogens with one attached hydrogen (secondary N) is 2. The molecule has 0 aliphatic rings. The van der Waals surface area contributed by atoms with Crippen molar-refractivity contribution < 1.29 is 0 Å². The summed E-state index contributed by atoms with van der Waals surface area (Å²) in [5, 5.41) is 0. The summed E-state index contributed by atoms with van der Waals surface area (Å²) in [6.07, 6.45) is 0. The van der Waals surface area contributed by atoms with E-state index in [1.807, 2.05) is 0 Å². The largest absolute Gasteiger partial charge is 0.341 e. The Morgan fingerprint density at radius 1 is 0.731 bits per heavy atom. The maximum atomic E-state index is 4.82. The molecule has 0 saturated carbocycles. The van der Waals surface area contributed by atoms with Crippen LogP contribution in [0, 0.1) is 0 Å². The van der Waals surface area contributed by atoms with Gasteiger partial charge in [0.1, 0.15) is 11.6 Å². The van der Waals surface area contributed by atoms with Crippen LogP contribution in [0.25, 0.3) is 33.5 Å². The van der Waals surface area contributed by atoms with Gasteiger partial charge in [0.2, 0.25) is 0 Å². The van der Waals surface area contributed by atoms with Crippen LogP contribution in [0.5, 0.6) is 0 Å². The van der Waals surface area contributed by atoms with E-state index in [2.05, 4.69) is 87.9 Å². The lowest BCUT2D eigenvalue weighted by Crippen LogP contribution is -2.12. The zero-order valence-corrected chi connectivity index (χ0v) is 16.4. The van der Waals surface area contributed by atoms with Crippen LogP contribution in [-0.4, -0.2) is 19.9 Å². The number of aromatic nitrogens is 4. The number of imidazole rings is 2. The average molecular weight is 346 g/mol. The van der Waals surface area contributed by atoms with Gasteiger partial charge in [-0.2, -0.15) is 0 Å². The Morgan fingerprint density at radius 3 is 2.04 bits per heavy atom. The summed E-state index contributed by atoms with van der Waals surface area (Å²) >= 11 is 0. The number of nitrogens with zero attached hydrogens (tertiary/aromatic N) is 2. The first-order valence-electron chi connectivity index (χ1n) is 9.12. The molecule has 0 amide bonds. The van der Waals surface area contributed by atoms with Crippen molar-refractivity contribution in [3.8, 4) is 11.4 Å². The maximum absolute atomic E-state index is 4.82. The molecule has 4 heteroatoms. The highest BCUT2D eigenvalue weighted by Crippen LogP contribution is 2.29. The van der Waals surface area contributed by atoms with Crippen molar-refractivity contribution in [3.63, 3.8) is 0 Å². The summed E-state index contributed by atoms with van der Waals surface area (Å²) in [6.45, 7) is 13.2. The smallest absolute Gasteiger partial charge is 0.138 e. The van der Waals surface area contributed by atoms with Gasteiger partial charge >= 0.3 is 0 Å². The van der Waals surface area contributed by atoms with Crippen LogP contribution < -0.4 is 0 Å². The molecule has 4 aromatic rings. The third kappa shape index (κ3) is 2.90.